The Morgan fingerprint density at radius 2 is 1.14 bits per heavy atom. The molecule has 10 heteroatoms. The molecule has 0 heterocycles. The van der Waals surface area contributed by atoms with E-state index in [-0.39, 0.29) is 55.4 Å². The minimum Gasteiger partial charge on any atom is -0.530 e. The first-order valence-electron chi connectivity index (χ1n) is 2.58. The first kappa shape index (κ1) is 23.4. The van der Waals surface area contributed by atoms with Crippen LogP contribution in [0.2, 0.25) is 0 Å². The number of aliphatic carboxylic acids is 1. The number of nitrogens with two attached hydrogens (primary N) is 3. The van der Waals surface area contributed by atoms with Crippen LogP contribution in [0.4, 0.5) is 9.59 Å². The van der Waals surface area contributed by atoms with Crippen LogP contribution in [0.15, 0.2) is 0 Å². The number of carboxylic acid groups (broad SMARTS) is 3. The van der Waals surface area contributed by atoms with Gasteiger partial charge in [0.2, 0.25) is 0 Å². The van der Waals surface area contributed by atoms with Gasteiger partial charge in [0.15, 0.2) is 0 Å². The molecule has 0 saturated heterocycles. The molecule has 0 unspecified atom stereocenters. The van der Waals surface area contributed by atoms with Gasteiger partial charge in [0.1, 0.15) is 12.2 Å². The largest absolute Gasteiger partial charge is 2.00 e. The molecule has 0 rings (SSSR count). The van der Waals surface area contributed by atoms with E-state index in [4.69, 9.17) is 24.9 Å². The summed E-state index contributed by atoms with van der Waals surface area (Å²) in [5.74, 6) is -0.968. The molecule has 0 aromatic rings. The Kier molecular flexibility index (Phi) is 30.7. The maximum atomic E-state index is 9.24. The zero-order chi connectivity index (χ0) is 11.4. The van der Waals surface area contributed by atoms with Crippen molar-refractivity contribution in [2.24, 2.45) is 17.2 Å². The third-order valence-corrected chi connectivity index (χ3v) is 0.175. The molecule has 0 bridgehead atoms. The number of hydrogen-bond acceptors (Lipinski definition) is 6. The molecule has 0 aliphatic rings. The summed E-state index contributed by atoms with van der Waals surface area (Å²) in [5, 5.41) is 24.9. The molecule has 0 aromatic carbocycles. The smallest absolute Gasteiger partial charge is 0.530 e. The summed E-state index contributed by atoms with van der Waals surface area (Å²) in [7, 11) is 0. The van der Waals surface area contributed by atoms with Crippen LogP contribution in [-0.4, -0.2) is 78.7 Å². The molecule has 0 fully saturated rings. The van der Waals surface area contributed by atoms with Crippen molar-refractivity contribution >= 4 is 67.0 Å². The summed E-state index contributed by atoms with van der Waals surface area (Å²) in [6, 6.07) is 0. The van der Waals surface area contributed by atoms with Gasteiger partial charge >= 0.3 is 54.9 Å². The maximum Gasteiger partial charge on any atom is 2.00 e. The third kappa shape index (κ3) is 540. The molecule has 0 spiro atoms. The van der Waals surface area contributed by atoms with E-state index in [0.717, 1.165) is 0 Å². The average molecular weight is 332 g/mol. The number of amides is 2. The van der Waals surface area contributed by atoms with E-state index >= 15 is 0 Å². The van der Waals surface area contributed by atoms with Crippen molar-refractivity contribution in [2.75, 3.05) is 6.54 Å². The van der Waals surface area contributed by atoms with E-state index in [0.29, 0.717) is 0 Å². The maximum absolute atomic E-state index is 9.24. The standard InChI is InChI=1S/C2H5NO2.2CH3NO2.Ba/c3-1-2(4)5;2*2-1(3)4;/h1,3H2,(H,4,5);2*2H2,(H,3,4);/q;;;+2/p-2. The summed E-state index contributed by atoms with van der Waals surface area (Å²) in [6.07, 6.45) is -3.17. The fourth-order valence-corrected chi connectivity index (χ4v) is 0. The van der Waals surface area contributed by atoms with Crippen LogP contribution in [0.25, 0.3) is 0 Å². The number of carbonyl (C=O) groups excluding carboxylic acids is 2. The molecular weight excluding hydrogens is 323 g/mol. The predicted octanol–water partition coefficient (Wildman–Crippen LogP) is -4.77. The first-order valence-corrected chi connectivity index (χ1v) is 2.58. The summed E-state index contributed by atoms with van der Waals surface area (Å²) in [5.41, 5.74) is 12.4. The topological polar surface area (TPSA) is 196 Å². The number of primary amides is 2. The van der Waals surface area contributed by atoms with Crippen molar-refractivity contribution in [1.29, 1.82) is 0 Å². The van der Waals surface area contributed by atoms with Gasteiger partial charge in [0.05, 0.1) is 6.54 Å². The van der Waals surface area contributed by atoms with E-state index in [9.17, 15) is 4.79 Å². The zero-order valence-electron chi connectivity index (χ0n) is 7.13. The van der Waals surface area contributed by atoms with Crippen molar-refractivity contribution in [3.8, 4) is 0 Å². The SMILES string of the molecule is NC(=O)[O-].NC(=O)[O-].NCC(=O)O.[Ba+2]. The fraction of sp³-hybridized carbons (Fsp3) is 0.250. The number of rotatable bonds is 1. The average Bonchev–Trinajstić information content (AvgIpc) is 1.84. The number of carboxylic acids is 1. The van der Waals surface area contributed by atoms with Crippen molar-refractivity contribution < 1.29 is 29.7 Å². The van der Waals surface area contributed by atoms with Crippen LogP contribution < -0.4 is 27.4 Å². The van der Waals surface area contributed by atoms with Crippen LogP contribution in [0.3, 0.4) is 0 Å². The van der Waals surface area contributed by atoms with E-state index in [2.05, 4.69) is 17.2 Å². The van der Waals surface area contributed by atoms with Gasteiger partial charge in [-0.2, -0.15) is 0 Å². The predicted molar refractivity (Wildman–Crippen MR) is 41.6 cm³/mol. The van der Waals surface area contributed by atoms with Gasteiger partial charge < -0.3 is 42.1 Å². The molecule has 0 saturated carbocycles. The van der Waals surface area contributed by atoms with E-state index in [1.807, 2.05) is 0 Å². The van der Waals surface area contributed by atoms with Gasteiger partial charge in [0, 0.05) is 0 Å². The number of carbonyl (C=O) groups is 3. The Bertz CT molecular complexity index is 154. The molecule has 0 radical (unpaired) electrons. The van der Waals surface area contributed by atoms with Gasteiger partial charge in [-0.1, -0.05) is 0 Å². The third-order valence-electron chi connectivity index (χ3n) is 0.175. The Labute approximate surface area is 119 Å². The van der Waals surface area contributed by atoms with Crippen LogP contribution in [0.5, 0.6) is 0 Å². The molecule has 9 nitrogen and oxygen atoms in total. The van der Waals surface area contributed by atoms with Crippen LogP contribution in [0.1, 0.15) is 0 Å². The summed E-state index contributed by atoms with van der Waals surface area (Å²) >= 11 is 0. The van der Waals surface area contributed by atoms with Crippen LogP contribution >= 0.6 is 0 Å². The first-order chi connectivity index (χ1) is 5.73. The zero-order valence-corrected chi connectivity index (χ0v) is 11.6. The van der Waals surface area contributed by atoms with Crippen LogP contribution in [0, 0.1) is 0 Å². The van der Waals surface area contributed by atoms with E-state index < -0.39 is 18.2 Å². The van der Waals surface area contributed by atoms with Crippen molar-refractivity contribution in [3.63, 3.8) is 0 Å². The van der Waals surface area contributed by atoms with Gasteiger partial charge in [0.25, 0.3) is 0 Å². The Hall–Kier alpha value is -0.459. The molecule has 2 amide bonds. The second-order valence-electron chi connectivity index (χ2n) is 1.24. The second kappa shape index (κ2) is 18.4. The molecule has 78 valence electrons. The molecule has 7 N–H and O–H groups in total. The van der Waals surface area contributed by atoms with Gasteiger partial charge in [-0.3, -0.25) is 4.79 Å². The Balaban J connectivity index is -0.0000000522. The molecule has 14 heavy (non-hydrogen) atoms. The van der Waals surface area contributed by atoms with Gasteiger partial charge in [-0.25, -0.2) is 0 Å². The fourth-order valence-electron chi connectivity index (χ4n) is 0. The molecular formula is C4H9BaN3O6. The van der Waals surface area contributed by atoms with Crippen molar-refractivity contribution in [3.05, 3.63) is 0 Å². The normalized spacial score (nSPS) is 6.07. The summed E-state index contributed by atoms with van der Waals surface area (Å²) < 4.78 is 0. The van der Waals surface area contributed by atoms with Crippen molar-refractivity contribution in [2.45, 2.75) is 0 Å². The number of hydrogen-bond donors (Lipinski definition) is 4. The van der Waals surface area contributed by atoms with Crippen LogP contribution in [-0.2, 0) is 4.79 Å². The van der Waals surface area contributed by atoms with Gasteiger partial charge in [-0.15, -0.1) is 0 Å². The minimum atomic E-state index is -1.58. The van der Waals surface area contributed by atoms with E-state index in [1.165, 1.54) is 0 Å². The second-order valence-corrected chi connectivity index (χ2v) is 1.24. The Morgan fingerprint density at radius 3 is 1.14 bits per heavy atom. The molecule has 0 atom stereocenters. The van der Waals surface area contributed by atoms with E-state index in [1.54, 1.807) is 0 Å². The summed E-state index contributed by atoms with van der Waals surface area (Å²) in [6.45, 7) is -0.278. The quantitative estimate of drug-likeness (QED) is 0.345. The molecule has 0 aliphatic heterocycles. The Morgan fingerprint density at radius 1 is 1.07 bits per heavy atom. The molecule has 0 aliphatic carbocycles. The van der Waals surface area contributed by atoms with Gasteiger partial charge in [-0.05, 0) is 0 Å². The monoisotopic (exact) mass is 333 g/mol. The molecule has 0 aromatic heterocycles. The van der Waals surface area contributed by atoms with Crippen molar-refractivity contribution in [1.82, 2.24) is 0 Å². The minimum absolute atomic E-state index is 0. The summed E-state index contributed by atoms with van der Waals surface area (Å²) in [4.78, 5) is 26.6.